The van der Waals surface area contributed by atoms with Gasteiger partial charge in [0.25, 0.3) is 21.9 Å². The van der Waals surface area contributed by atoms with Crippen LogP contribution in [0, 0.1) is 6.92 Å². The van der Waals surface area contributed by atoms with Gasteiger partial charge in [0.1, 0.15) is 10.9 Å². The summed E-state index contributed by atoms with van der Waals surface area (Å²) in [6.07, 6.45) is 0.0460. The summed E-state index contributed by atoms with van der Waals surface area (Å²) in [5.41, 5.74) is 1.24. The van der Waals surface area contributed by atoms with E-state index in [9.17, 15) is 27.6 Å². The zero-order valence-corrected chi connectivity index (χ0v) is 18.7. The molecule has 2 aliphatic rings. The molecule has 2 aromatic carbocycles. The molecule has 1 fully saturated rings. The van der Waals surface area contributed by atoms with E-state index < -0.39 is 39.8 Å². The van der Waals surface area contributed by atoms with E-state index in [1.165, 1.54) is 18.2 Å². The highest BCUT2D eigenvalue weighted by atomic mass is 32.2. The molecule has 0 aromatic heterocycles. The summed E-state index contributed by atoms with van der Waals surface area (Å²) in [7, 11) is -4.07. The van der Waals surface area contributed by atoms with Crippen molar-refractivity contribution in [3.8, 4) is 0 Å². The first-order chi connectivity index (χ1) is 15.6. The number of nitrogens with one attached hydrogen (secondary N) is 2. The van der Waals surface area contributed by atoms with Gasteiger partial charge in [-0.05, 0) is 50.1 Å². The van der Waals surface area contributed by atoms with Crippen molar-refractivity contribution in [2.45, 2.75) is 37.6 Å². The average Bonchev–Trinajstić information content (AvgIpc) is 2.99. The lowest BCUT2D eigenvalue weighted by atomic mass is 10.0. The predicted octanol–water partition coefficient (Wildman–Crippen LogP) is 1.87. The third-order valence-corrected chi connectivity index (χ3v) is 6.86. The second-order valence-electron chi connectivity index (χ2n) is 7.66. The third-order valence-electron chi connectivity index (χ3n) is 5.41. The number of benzene rings is 2. The van der Waals surface area contributed by atoms with E-state index in [-0.39, 0.29) is 46.8 Å². The molecular weight excluding hydrogens is 450 g/mol. The fourth-order valence-electron chi connectivity index (χ4n) is 3.94. The van der Waals surface area contributed by atoms with Gasteiger partial charge < -0.3 is 5.32 Å². The Kier molecular flexibility index (Phi) is 5.76. The molecule has 2 aromatic rings. The molecule has 33 heavy (non-hydrogen) atoms. The van der Waals surface area contributed by atoms with E-state index >= 15 is 0 Å². The van der Waals surface area contributed by atoms with Crippen LogP contribution in [0.15, 0.2) is 41.3 Å². The summed E-state index contributed by atoms with van der Waals surface area (Å²) >= 11 is 0. The second-order valence-corrected chi connectivity index (χ2v) is 9.24. The number of fused-ring (bicyclic) bond motifs is 1. The van der Waals surface area contributed by atoms with Crippen LogP contribution in [-0.4, -0.2) is 49.6 Å². The van der Waals surface area contributed by atoms with Crippen molar-refractivity contribution in [3.05, 3.63) is 53.1 Å². The summed E-state index contributed by atoms with van der Waals surface area (Å²) in [4.78, 5) is 50.7. The highest BCUT2D eigenvalue weighted by Gasteiger charge is 2.45. The molecule has 1 saturated heterocycles. The van der Waals surface area contributed by atoms with Crippen LogP contribution in [0.2, 0.25) is 0 Å². The van der Waals surface area contributed by atoms with Crippen LogP contribution in [0.4, 0.5) is 11.4 Å². The maximum atomic E-state index is 13.3. The van der Waals surface area contributed by atoms with Crippen molar-refractivity contribution >= 4 is 45.1 Å². The van der Waals surface area contributed by atoms with E-state index in [1.807, 2.05) is 0 Å². The van der Waals surface area contributed by atoms with Gasteiger partial charge in [0.15, 0.2) is 0 Å². The molecule has 11 heteroatoms. The number of carbonyl (C=O) groups excluding carboxylic acids is 4. The van der Waals surface area contributed by atoms with Crippen molar-refractivity contribution < 1.29 is 31.8 Å². The van der Waals surface area contributed by atoms with Gasteiger partial charge in [0.05, 0.1) is 29.1 Å². The molecule has 0 spiro atoms. The quantitative estimate of drug-likeness (QED) is 0.481. The van der Waals surface area contributed by atoms with E-state index in [2.05, 4.69) is 10.6 Å². The van der Waals surface area contributed by atoms with Gasteiger partial charge >= 0.3 is 0 Å². The topological polar surface area (TPSA) is 139 Å². The Labute approximate surface area is 190 Å². The molecule has 2 aliphatic heterocycles. The Balaban J connectivity index is 1.74. The molecule has 1 atom stereocenters. The summed E-state index contributed by atoms with van der Waals surface area (Å²) < 4.78 is 30.0. The predicted molar refractivity (Wildman–Crippen MR) is 116 cm³/mol. The minimum Gasteiger partial charge on any atom is -0.354 e. The fraction of sp³-hybridized carbons (Fsp3) is 0.273. The molecule has 4 amide bonds. The summed E-state index contributed by atoms with van der Waals surface area (Å²) in [5.74, 6) is -2.52. The maximum Gasteiger partial charge on any atom is 0.299 e. The number of nitrogens with zero attached hydrogens (tertiary/aromatic N) is 1. The number of hydrogen-bond donors (Lipinski definition) is 2. The van der Waals surface area contributed by atoms with Crippen LogP contribution in [-0.2, 0) is 23.9 Å². The van der Waals surface area contributed by atoms with Crippen molar-refractivity contribution in [3.63, 3.8) is 0 Å². The number of amides is 4. The molecule has 1 unspecified atom stereocenters. The van der Waals surface area contributed by atoms with Crippen LogP contribution in [0.5, 0.6) is 0 Å². The highest BCUT2D eigenvalue weighted by Crippen LogP contribution is 2.35. The molecule has 0 saturated carbocycles. The van der Waals surface area contributed by atoms with E-state index in [0.717, 1.165) is 10.5 Å². The number of carbonyl (C=O) groups is 4. The number of rotatable bonds is 6. The van der Waals surface area contributed by atoms with Gasteiger partial charge in [0, 0.05) is 6.42 Å². The largest absolute Gasteiger partial charge is 0.354 e. The molecule has 0 radical (unpaired) electrons. The fourth-order valence-corrected chi connectivity index (χ4v) is 4.99. The Morgan fingerprint density at radius 3 is 2.55 bits per heavy atom. The van der Waals surface area contributed by atoms with E-state index in [0.29, 0.717) is 0 Å². The minimum atomic E-state index is -4.07. The van der Waals surface area contributed by atoms with Crippen LogP contribution in [0.1, 0.15) is 46.0 Å². The Morgan fingerprint density at radius 1 is 1.09 bits per heavy atom. The van der Waals surface area contributed by atoms with Crippen molar-refractivity contribution in [1.29, 1.82) is 0 Å². The van der Waals surface area contributed by atoms with Crippen LogP contribution >= 0.6 is 0 Å². The van der Waals surface area contributed by atoms with Crippen molar-refractivity contribution in [1.82, 2.24) is 10.2 Å². The Morgan fingerprint density at radius 2 is 1.85 bits per heavy atom. The SMILES string of the molecule is CCOS(=O)(=O)c1ccc(C)cc1Nc1cccc2c1C(=O)N(C1CCC(=O)NC1=O)C2=O. The lowest BCUT2D eigenvalue weighted by Gasteiger charge is -2.27. The molecule has 0 aliphatic carbocycles. The van der Waals surface area contributed by atoms with Crippen LogP contribution < -0.4 is 10.6 Å². The van der Waals surface area contributed by atoms with E-state index in [1.54, 1.807) is 32.0 Å². The minimum absolute atomic E-state index is 0.0108. The molecule has 10 nitrogen and oxygen atoms in total. The summed E-state index contributed by atoms with van der Waals surface area (Å²) in [5, 5.41) is 5.11. The Bertz CT molecular complexity index is 1300. The summed E-state index contributed by atoms with van der Waals surface area (Å²) in [6, 6.07) is 8.05. The van der Waals surface area contributed by atoms with Gasteiger partial charge in [-0.25, -0.2) is 0 Å². The van der Waals surface area contributed by atoms with Gasteiger partial charge in [0.2, 0.25) is 11.8 Å². The third kappa shape index (κ3) is 4.00. The van der Waals surface area contributed by atoms with Gasteiger partial charge in [-0.1, -0.05) is 12.1 Å². The standard InChI is InChI=1S/C22H21N3O7S/c1-3-32-33(30,31)17-9-7-12(2)11-15(17)23-14-6-4-5-13-19(14)22(29)25(21(13)28)16-8-10-18(26)24-20(16)27/h4-7,9,11,16,23H,3,8,10H2,1-2H3,(H,24,26,27). The first-order valence-corrected chi connectivity index (χ1v) is 11.7. The van der Waals surface area contributed by atoms with Gasteiger partial charge in [-0.15, -0.1) is 0 Å². The van der Waals surface area contributed by atoms with Gasteiger partial charge in [-0.2, -0.15) is 8.42 Å². The second kappa shape index (κ2) is 8.41. The molecule has 2 N–H and O–H groups in total. The lowest BCUT2D eigenvalue weighted by Crippen LogP contribution is -2.54. The van der Waals surface area contributed by atoms with Crippen molar-refractivity contribution in [2.24, 2.45) is 0 Å². The Hall–Kier alpha value is -3.57. The molecule has 2 heterocycles. The molecule has 4 rings (SSSR count). The first-order valence-electron chi connectivity index (χ1n) is 10.3. The first kappa shape index (κ1) is 22.6. The number of hydrogen-bond acceptors (Lipinski definition) is 8. The lowest BCUT2D eigenvalue weighted by molar-refractivity contribution is -0.136. The molecule has 0 bridgehead atoms. The monoisotopic (exact) mass is 471 g/mol. The average molecular weight is 471 g/mol. The summed E-state index contributed by atoms with van der Waals surface area (Å²) in [6.45, 7) is 3.28. The van der Waals surface area contributed by atoms with E-state index in [4.69, 9.17) is 4.18 Å². The highest BCUT2D eigenvalue weighted by molar-refractivity contribution is 7.87. The molecular formula is C22H21N3O7S. The normalized spacial score (nSPS) is 18.4. The zero-order chi connectivity index (χ0) is 23.9. The van der Waals surface area contributed by atoms with Gasteiger partial charge in [-0.3, -0.25) is 33.6 Å². The molecule has 172 valence electrons. The number of aryl methyl sites for hydroxylation is 1. The number of anilines is 2. The number of imide groups is 2. The van der Waals surface area contributed by atoms with Crippen LogP contribution in [0.25, 0.3) is 0 Å². The number of piperidine rings is 1. The van der Waals surface area contributed by atoms with Crippen LogP contribution in [0.3, 0.4) is 0 Å². The zero-order valence-electron chi connectivity index (χ0n) is 17.9. The smallest absolute Gasteiger partial charge is 0.299 e. The van der Waals surface area contributed by atoms with Crippen molar-refractivity contribution in [2.75, 3.05) is 11.9 Å². The maximum absolute atomic E-state index is 13.3.